The minimum atomic E-state index is -4.96. The maximum atomic E-state index is 13.2. The van der Waals surface area contributed by atoms with Crippen molar-refractivity contribution in [3.63, 3.8) is 0 Å². The van der Waals surface area contributed by atoms with Crippen LogP contribution >= 0.6 is 0 Å². The van der Waals surface area contributed by atoms with Gasteiger partial charge in [0.2, 0.25) is 9.84 Å². The lowest BCUT2D eigenvalue weighted by molar-refractivity contribution is 0.102. The van der Waals surface area contributed by atoms with Crippen molar-refractivity contribution in [1.82, 2.24) is 0 Å². The number of sulfonamides is 1. The van der Waals surface area contributed by atoms with Crippen molar-refractivity contribution in [2.45, 2.75) is 22.5 Å². The van der Waals surface area contributed by atoms with Gasteiger partial charge in [-0.3, -0.25) is 9.10 Å². The Bertz CT molecular complexity index is 1360. The number of rotatable bonds is 8. The summed E-state index contributed by atoms with van der Waals surface area (Å²) in [4.78, 5) is 11.9. The molecule has 1 amide bonds. The molecular weight excluding hydrogens is 474 g/mol. The molecule has 0 aliphatic heterocycles. The number of sulfone groups is 1. The van der Waals surface area contributed by atoms with E-state index in [2.05, 4.69) is 5.32 Å². The monoisotopic (exact) mass is 494 g/mol. The minimum Gasteiger partial charge on any atom is -0.321 e. The number of anilines is 2. The van der Waals surface area contributed by atoms with Crippen LogP contribution < -0.4 is 9.62 Å². The summed E-state index contributed by atoms with van der Waals surface area (Å²) < 4.78 is 77.4. The Labute approximate surface area is 190 Å². The first-order chi connectivity index (χ1) is 15.6. The predicted octanol–water partition coefficient (Wildman–Crippen LogP) is 4.15. The van der Waals surface area contributed by atoms with Crippen LogP contribution in [0.4, 0.5) is 20.2 Å². The van der Waals surface area contributed by atoms with Crippen molar-refractivity contribution in [1.29, 1.82) is 0 Å². The van der Waals surface area contributed by atoms with Crippen molar-refractivity contribution in [2.24, 2.45) is 0 Å². The minimum absolute atomic E-state index is 0.0931. The zero-order valence-electron chi connectivity index (χ0n) is 17.4. The molecule has 0 unspecified atom stereocenters. The molecule has 1 N–H and O–H groups in total. The summed E-state index contributed by atoms with van der Waals surface area (Å²) >= 11 is 0. The van der Waals surface area contributed by atoms with Crippen LogP contribution in [0, 0.1) is 0 Å². The Morgan fingerprint density at radius 1 is 0.909 bits per heavy atom. The van der Waals surface area contributed by atoms with Gasteiger partial charge in [-0.1, -0.05) is 36.4 Å². The molecule has 11 heteroatoms. The third-order valence-corrected chi connectivity index (χ3v) is 8.03. The number of nitrogens with one attached hydrogen (secondary N) is 1. The highest BCUT2D eigenvalue weighted by Crippen LogP contribution is 2.27. The molecule has 0 aliphatic rings. The Kier molecular flexibility index (Phi) is 7.13. The zero-order valence-corrected chi connectivity index (χ0v) is 19.0. The first-order valence-electron chi connectivity index (χ1n) is 9.69. The van der Waals surface area contributed by atoms with Crippen LogP contribution in [-0.2, 0) is 19.9 Å². The number of benzene rings is 3. The number of hydrogen-bond donors (Lipinski definition) is 1. The topological polar surface area (TPSA) is 101 Å². The second-order valence-electron chi connectivity index (χ2n) is 6.79. The summed E-state index contributed by atoms with van der Waals surface area (Å²) in [5.41, 5.74) is 0.0148. The third kappa shape index (κ3) is 5.04. The number of amides is 1. The largest absolute Gasteiger partial charge is 0.341 e. The van der Waals surface area contributed by atoms with E-state index in [1.807, 2.05) is 0 Å². The van der Waals surface area contributed by atoms with E-state index in [-0.39, 0.29) is 22.7 Å². The molecule has 33 heavy (non-hydrogen) atoms. The number of carbonyl (C=O) groups excluding carboxylic acids is 1. The van der Waals surface area contributed by atoms with Gasteiger partial charge in [0, 0.05) is 12.1 Å². The van der Waals surface area contributed by atoms with E-state index in [1.54, 1.807) is 37.3 Å². The molecule has 0 radical (unpaired) electrons. The summed E-state index contributed by atoms with van der Waals surface area (Å²) in [5, 5.41) is 2.28. The molecule has 3 rings (SSSR count). The van der Waals surface area contributed by atoms with Crippen molar-refractivity contribution in [3.05, 3.63) is 84.4 Å². The number of nitrogens with zero attached hydrogens (tertiary/aromatic N) is 1. The molecule has 0 aromatic heterocycles. The van der Waals surface area contributed by atoms with Crippen LogP contribution in [0.3, 0.4) is 0 Å². The second-order valence-corrected chi connectivity index (χ2v) is 10.5. The SMILES string of the molecule is CCN(c1ccccc1)S(=O)(=O)c1cccc(C(=O)Nc2ccccc2S(=O)(=O)C(F)F)c1. The van der Waals surface area contributed by atoms with Crippen molar-refractivity contribution >= 4 is 37.1 Å². The van der Waals surface area contributed by atoms with Gasteiger partial charge in [0.05, 0.1) is 21.2 Å². The van der Waals surface area contributed by atoms with Crippen molar-refractivity contribution in [3.8, 4) is 0 Å². The van der Waals surface area contributed by atoms with E-state index in [4.69, 9.17) is 0 Å². The van der Waals surface area contributed by atoms with Crippen molar-refractivity contribution < 1.29 is 30.4 Å². The van der Waals surface area contributed by atoms with Crippen LogP contribution in [0.5, 0.6) is 0 Å². The highest BCUT2D eigenvalue weighted by atomic mass is 32.2. The molecular formula is C22H20F2N2O5S2. The van der Waals surface area contributed by atoms with Gasteiger partial charge in [-0.25, -0.2) is 16.8 Å². The molecule has 3 aromatic rings. The average molecular weight is 495 g/mol. The highest BCUT2D eigenvalue weighted by molar-refractivity contribution is 7.93. The van der Waals surface area contributed by atoms with Crippen LogP contribution in [-0.4, -0.2) is 35.0 Å². The average Bonchev–Trinajstić information content (AvgIpc) is 2.80. The van der Waals surface area contributed by atoms with Gasteiger partial charge in [-0.2, -0.15) is 8.78 Å². The molecule has 3 aromatic carbocycles. The van der Waals surface area contributed by atoms with E-state index in [9.17, 15) is 30.4 Å². The van der Waals surface area contributed by atoms with Crippen LogP contribution in [0.15, 0.2) is 88.7 Å². The summed E-state index contributed by atoms with van der Waals surface area (Å²) in [7, 11) is -8.98. The van der Waals surface area contributed by atoms with E-state index in [0.717, 1.165) is 12.1 Å². The number of alkyl halides is 2. The Morgan fingerprint density at radius 3 is 2.18 bits per heavy atom. The van der Waals surface area contributed by atoms with Crippen LogP contribution in [0.1, 0.15) is 17.3 Å². The van der Waals surface area contributed by atoms with E-state index in [0.29, 0.717) is 5.69 Å². The normalized spacial score (nSPS) is 11.9. The van der Waals surface area contributed by atoms with E-state index >= 15 is 0 Å². The molecule has 0 saturated heterocycles. The molecule has 7 nitrogen and oxygen atoms in total. The summed E-state index contributed by atoms with van der Waals surface area (Å²) in [6.45, 7) is 1.81. The lowest BCUT2D eigenvalue weighted by Gasteiger charge is -2.23. The molecule has 0 atom stereocenters. The fourth-order valence-corrected chi connectivity index (χ4v) is 5.52. The summed E-state index contributed by atoms with van der Waals surface area (Å²) in [6.07, 6.45) is 0. The third-order valence-electron chi connectivity index (χ3n) is 4.69. The highest BCUT2D eigenvalue weighted by Gasteiger charge is 2.30. The van der Waals surface area contributed by atoms with Gasteiger partial charge in [0.25, 0.3) is 15.9 Å². The predicted molar refractivity (Wildman–Crippen MR) is 121 cm³/mol. The Morgan fingerprint density at radius 2 is 1.55 bits per heavy atom. The molecule has 0 bridgehead atoms. The number of carbonyl (C=O) groups is 1. The smallest absolute Gasteiger partial charge is 0.321 e. The van der Waals surface area contributed by atoms with Gasteiger partial charge in [-0.05, 0) is 49.4 Å². The maximum Gasteiger partial charge on any atom is 0.341 e. The van der Waals surface area contributed by atoms with Gasteiger partial charge in [-0.15, -0.1) is 0 Å². The first kappa shape index (κ1) is 24.3. The molecule has 0 heterocycles. The second kappa shape index (κ2) is 9.67. The quantitative estimate of drug-likeness (QED) is 0.507. The lowest BCUT2D eigenvalue weighted by atomic mass is 10.2. The standard InChI is InChI=1S/C22H20F2N2O5S2/c1-2-26(17-10-4-3-5-11-17)33(30,31)18-12-8-9-16(15-18)21(27)25-19-13-6-7-14-20(19)32(28,29)22(23)24/h3-15,22H,2H2,1H3,(H,25,27). The Hall–Kier alpha value is -3.31. The van der Waals surface area contributed by atoms with E-state index in [1.165, 1.54) is 40.7 Å². The summed E-state index contributed by atoms with van der Waals surface area (Å²) in [6, 6.07) is 18.3. The van der Waals surface area contributed by atoms with E-state index < -0.39 is 36.4 Å². The lowest BCUT2D eigenvalue weighted by Crippen LogP contribution is -2.31. The fourth-order valence-electron chi connectivity index (χ4n) is 3.12. The van der Waals surface area contributed by atoms with Crippen LogP contribution in [0.25, 0.3) is 0 Å². The molecule has 0 spiro atoms. The molecule has 0 aliphatic carbocycles. The molecule has 174 valence electrons. The molecule has 0 saturated carbocycles. The summed E-state index contributed by atoms with van der Waals surface area (Å²) in [5.74, 6) is -4.52. The number of para-hydroxylation sites is 2. The fraction of sp³-hybridized carbons (Fsp3) is 0.136. The first-order valence-corrected chi connectivity index (χ1v) is 12.7. The van der Waals surface area contributed by atoms with Crippen molar-refractivity contribution in [2.75, 3.05) is 16.2 Å². The maximum absolute atomic E-state index is 13.2. The zero-order chi connectivity index (χ0) is 24.2. The van der Waals surface area contributed by atoms with Gasteiger partial charge < -0.3 is 5.32 Å². The Balaban J connectivity index is 1.95. The number of hydrogen-bond acceptors (Lipinski definition) is 5. The van der Waals surface area contributed by atoms with Gasteiger partial charge in [0.15, 0.2) is 0 Å². The van der Waals surface area contributed by atoms with Crippen LogP contribution in [0.2, 0.25) is 0 Å². The van der Waals surface area contributed by atoms with Gasteiger partial charge >= 0.3 is 5.76 Å². The number of halogens is 2. The molecule has 0 fully saturated rings. The van der Waals surface area contributed by atoms with Gasteiger partial charge in [0.1, 0.15) is 0 Å².